The second-order valence-electron chi connectivity index (χ2n) is 7.55. The SMILES string of the molecule is Cc1sc2c(c1C(=O)N(C(C)C)C(C)C)C(=C=O)N1CCCCCC1=N2. The highest BCUT2D eigenvalue weighted by atomic mass is 32.1. The van der Waals surface area contributed by atoms with E-state index in [0.717, 1.165) is 47.9 Å². The third-order valence-corrected chi connectivity index (χ3v) is 6.05. The number of thiophene rings is 1. The Hall–Kier alpha value is -1.91. The van der Waals surface area contributed by atoms with E-state index in [-0.39, 0.29) is 18.0 Å². The van der Waals surface area contributed by atoms with Gasteiger partial charge in [-0.15, -0.1) is 11.3 Å². The lowest BCUT2D eigenvalue weighted by atomic mass is 10.0. The van der Waals surface area contributed by atoms with Gasteiger partial charge in [-0.3, -0.25) is 4.79 Å². The molecule has 1 aromatic heterocycles. The Labute approximate surface area is 159 Å². The molecule has 2 aliphatic heterocycles. The molecule has 0 radical (unpaired) electrons. The molecule has 0 unspecified atom stereocenters. The zero-order chi connectivity index (χ0) is 19.0. The molecule has 0 bridgehead atoms. The van der Waals surface area contributed by atoms with E-state index in [1.54, 1.807) is 0 Å². The van der Waals surface area contributed by atoms with Crippen molar-refractivity contribution in [2.24, 2.45) is 4.99 Å². The quantitative estimate of drug-likeness (QED) is 0.738. The molecule has 5 nitrogen and oxygen atoms in total. The predicted octanol–water partition coefficient (Wildman–Crippen LogP) is 4.41. The molecule has 0 spiro atoms. The van der Waals surface area contributed by atoms with Crippen LogP contribution >= 0.6 is 11.3 Å². The highest BCUT2D eigenvalue weighted by Gasteiger charge is 2.36. The number of nitrogens with zero attached hydrogens (tertiary/aromatic N) is 3. The second kappa shape index (κ2) is 7.37. The van der Waals surface area contributed by atoms with Crippen LogP contribution in [-0.4, -0.2) is 46.1 Å². The Morgan fingerprint density at radius 2 is 1.88 bits per heavy atom. The zero-order valence-corrected chi connectivity index (χ0v) is 17.1. The van der Waals surface area contributed by atoms with Crippen LogP contribution in [0.25, 0.3) is 5.70 Å². The summed E-state index contributed by atoms with van der Waals surface area (Å²) >= 11 is 1.51. The number of hydrogen-bond donors (Lipinski definition) is 0. The topological polar surface area (TPSA) is 53.0 Å². The van der Waals surface area contributed by atoms with Gasteiger partial charge in [-0.25, -0.2) is 9.79 Å². The molecule has 0 N–H and O–H groups in total. The van der Waals surface area contributed by atoms with Crippen molar-refractivity contribution in [3.05, 3.63) is 16.0 Å². The van der Waals surface area contributed by atoms with E-state index in [1.165, 1.54) is 11.3 Å². The van der Waals surface area contributed by atoms with Gasteiger partial charge in [0.1, 0.15) is 16.5 Å². The highest BCUT2D eigenvalue weighted by Crippen LogP contribution is 2.45. The van der Waals surface area contributed by atoms with Gasteiger partial charge in [0.25, 0.3) is 5.91 Å². The van der Waals surface area contributed by atoms with Gasteiger partial charge in [0.15, 0.2) is 5.94 Å². The predicted molar refractivity (Wildman–Crippen MR) is 107 cm³/mol. The van der Waals surface area contributed by atoms with Crippen molar-refractivity contribution in [3.8, 4) is 0 Å². The van der Waals surface area contributed by atoms with E-state index in [4.69, 9.17) is 4.99 Å². The van der Waals surface area contributed by atoms with E-state index < -0.39 is 0 Å². The van der Waals surface area contributed by atoms with Crippen molar-refractivity contribution < 1.29 is 9.59 Å². The van der Waals surface area contributed by atoms with Crippen LogP contribution in [0.5, 0.6) is 0 Å². The van der Waals surface area contributed by atoms with Gasteiger partial charge in [0.05, 0.1) is 11.1 Å². The lowest BCUT2D eigenvalue weighted by Gasteiger charge is -2.32. The molecule has 3 rings (SSSR count). The Balaban J connectivity index is 2.15. The Bertz CT molecular complexity index is 792. The van der Waals surface area contributed by atoms with Crippen molar-refractivity contribution in [2.75, 3.05) is 6.54 Å². The summed E-state index contributed by atoms with van der Waals surface area (Å²) in [7, 11) is 0. The number of hydrogen-bond acceptors (Lipinski definition) is 5. The van der Waals surface area contributed by atoms with Crippen LogP contribution < -0.4 is 0 Å². The molecule has 0 aliphatic carbocycles. The zero-order valence-electron chi connectivity index (χ0n) is 16.3. The number of amidine groups is 1. The molecule has 0 aromatic carbocycles. The summed E-state index contributed by atoms with van der Waals surface area (Å²) in [5.74, 6) is 3.06. The van der Waals surface area contributed by atoms with Gasteiger partial charge in [-0.05, 0) is 47.5 Å². The lowest BCUT2D eigenvalue weighted by Crippen LogP contribution is -2.42. The van der Waals surface area contributed by atoms with E-state index in [1.807, 2.05) is 44.4 Å². The first-order valence-corrected chi connectivity index (χ1v) is 10.2. The fourth-order valence-electron chi connectivity index (χ4n) is 3.99. The lowest BCUT2D eigenvalue weighted by molar-refractivity contribution is 0.0643. The Morgan fingerprint density at radius 1 is 1.19 bits per heavy atom. The fourth-order valence-corrected chi connectivity index (χ4v) is 5.02. The number of carbonyl (C=O) groups excluding carboxylic acids is 2. The van der Waals surface area contributed by atoms with Crippen molar-refractivity contribution >= 4 is 39.7 Å². The normalized spacial score (nSPS) is 16.8. The molecule has 1 fully saturated rings. The number of fused-ring (bicyclic) bond motifs is 2. The third-order valence-electron chi connectivity index (χ3n) is 5.05. The Morgan fingerprint density at radius 3 is 2.50 bits per heavy atom. The first-order valence-electron chi connectivity index (χ1n) is 9.43. The maximum Gasteiger partial charge on any atom is 0.256 e. The molecule has 26 heavy (non-hydrogen) atoms. The monoisotopic (exact) mass is 373 g/mol. The third kappa shape index (κ3) is 3.12. The van der Waals surface area contributed by atoms with Gasteiger partial charge in [-0.1, -0.05) is 6.42 Å². The van der Waals surface area contributed by atoms with Crippen LogP contribution in [0.4, 0.5) is 5.00 Å². The van der Waals surface area contributed by atoms with Crippen molar-refractivity contribution in [1.29, 1.82) is 0 Å². The highest BCUT2D eigenvalue weighted by molar-refractivity contribution is 7.16. The summed E-state index contributed by atoms with van der Waals surface area (Å²) in [4.78, 5) is 34.9. The van der Waals surface area contributed by atoms with Crippen LogP contribution in [0.2, 0.25) is 0 Å². The molecule has 6 heteroatoms. The van der Waals surface area contributed by atoms with E-state index in [9.17, 15) is 9.59 Å². The number of aliphatic imine (C=N–C) groups is 1. The Kier molecular flexibility index (Phi) is 5.35. The molecule has 2 aliphatic rings. The van der Waals surface area contributed by atoms with Crippen LogP contribution in [0.15, 0.2) is 4.99 Å². The molecule has 0 atom stereocenters. The minimum Gasteiger partial charge on any atom is -0.334 e. The smallest absolute Gasteiger partial charge is 0.256 e. The van der Waals surface area contributed by atoms with E-state index in [0.29, 0.717) is 16.8 Å². The molecule has 1 saturated heterocycles. The van der Waals surface area contributed by atoms with Crippen LogP contribution in [0.3, 0.4) is 0 Å². The van der Waals surface area contributed by atoms with E-state index >= 15 is 0 Å². The summed E-state index contributed by atoms with van der Waals surface area (Å²) in [5, 5.41) is 0.782. The summed E-state index contributed by atoms with van der Waals surface area (Å²) in [6, 6.07) is 0.170. The van der Waals surface area contributed by atoms with Gasteiger partial charge in [-0.2, -0.15) is 0 Å². The average molecular weight is 374 g/mol. The molecular formula is C20H27N3O2S. The number of amides is 1. The summed E-state index contributed by atoms with van der Waals surface area (Å²) in [6.07, 6.45) is 4.11. The summed E-state index contributed by atoms with van der Waals surface area (Å²) < 4.78 is 0. The first kappa shape index (κ1) is 18.9. The second-order valence-corrected chi connectivity index (χ2v) is 8.76. The molecule has 1 aromatic rings. The molecule has 0 saturated carbocycles. The number of carbonyl (C=O) groups is 1. The summed E-state index contributed by atoms with van der Waals surface area (Å²) in [6.45, 7) is 10.8. The summed E-state index contributed by atoms with van der Waals surface area (Å²) in [5.41, 5.74) is 1.80. The van der Waals surface area contributed by atoms with Gasteiger partial charge < -0.3 is 9.80 Å². The minimum absolute atomic E-state index is 0.0220. The first-order chi connectivity index (χ1) is 12.4. The minimum atomic E-state index is -0.0220. The van der Waals surface area contributed by atoms with Gasteiger partial charge in [0.2, 0.25) is 0 Å². The fraction of sp³-hybridized carbons (Fsp3) is 0.600. The van der Waals surface area contributed by atoms with Crippen molar-refractivity contribution in [1.82, 2.24) is 9.80 Å². The maximum atomic E-state index is 13.4. The van der Waals surface area contributed by atoms with Gasteiger partial charge in [0, 0.05) is 29.9 Å². The van der Waals surface area contributed by atoms with Crippen molar-refractivity contribution in [2.45, 2.75) is 72.4 Å². The molecule has 1 amide bonds. The average Bonchev–Trinajstić information content (AvgIpc) is 2.73. The molecular weight excluding hydrogens is 346 g/mol. The van der Waals surface area contributed by atoms with Crippen LogP contribution in [-0.2, 0) is 4.79 Å². The van der Waals surface area contributed by atoms with Gasteiger partial charge >= 0.3 is 0 Å². The molecule has 140 valence electrons. The van der Waals surface area contributed by atoms with Crippen LogP contribution in [0, 0.1) is 6.92 Å². The van der Waals surface area contributed by atoms with Crippen molar-refractivity contribution in [3.63, 3.8) is 0 Å². The van der Waals surface area contributed by atoms with E-state index in [2.05, 4.69) is 5.94 Å². The number of rotatable bonds is 3. The van der Waals surface area contributed by atoms with Crippen LogP contribution in [0.1, 0.15) is 74.2 Å². The number of aryl methyl sites for hydroxylation is 1. The largest absolute Gasteiger partial charge is 0.334 e. The maximum absolute atomic E-state index is 13.4. The standard InChI is InChI=1S/C20H27N3O2S/c1-12(2)23(13(3)4)20(25)17-14(5)26-19-18(17)15(11-24)22-10-8-6-7-9-16(22)21-19/h12-13H,6-10H2,1-5H3. The molecule has 3 heterocycles.